The number of hydrogen-bond acceptors (Lipinski definition) is 2. The van der Waals surface area contributed by atoms with Gasteiger partial charge in [-0.05, 0) is 53.0 Å². The van der Waals surface area contributed by atoms with Gasteiger partial charge in [0.05, 0.1) is 14.2 Å². The van der Waals surface area contributed by atoms with E-state index in [0.29, 0.717) is 11.8 Å². The molecule has 116 valence electrons. The molecule has 2 heteroatoms. The van der Waals surface area contributed by atoms with Crippen molar-refractivity contribution in [2.24, 2.45) is 11.8 Å². The normalized spacial score (nSPS) is 21.8. The minimum absolute atomic E-state index is 0.508. The summed E-state index contributed by atoms with van der Waals surface area (Å²) < 4.78 is 10.8. The zero-order valence-corrected chi connectivity index (χ0v) is 13.5. The van der Waals surface area contributed by atoms with E-state index in [0.717, 1.165) is 11.5 Å². The summed E-state index contributed by atoms with van der Waals surface area (Å²) in [6, 6.07) is 16.8. The highest BCUT2D eigenvalue weighted by Crippen LogP contribution is 2.52. The van der Waals surface area contributed by atoms with Crippen molar-refractivity contribution in [1.82, 2.24) is 0 Å². The molecule has 0 spiro atoms. The third kappa shape index (κ3) is 2.35. The van der Waals surface area contributed by atoms with Gasteiger partial charge in [0.15, 0.2) is 0 Å². The standard InChI is InChI=1S/C21H20O2/c1-22-18-7-3-5-14(12-18)20-16-9-10-17(11-16)21(20)15-6-4-8-19(13-15)23-2/h3-10,12-13,16-17H,11H2,1-2H3. The van der Waals surface area contributed by atoms with Gasteiger partial charge in [-0.25, -0.2) is 0 Å². The fourth-order valence-electron chi connectivity index (χ4n) is 3.85. The highest BCUT2D eigenvalue weighted by Gasteiger charge is 2.36. The van der Waals surface area contributed by atoms with Crippen molar-refractivity contribution >= 4 is 11.1 Å². The van der Waals surface area contributed by atoms with Crippen LogP contribution >= 0.6 is 0 Å². The molecule has 2 aliphatic carbocycles. The maximum Gasteiger partial charge on any atom is 0.119 e. The van der Waals surface area contributed by atoms with Gasteiger partial charge in [-0.3, -0.25) is 0 Å². The molecule has 0 saturated heterocycles. The van der Waals surface area contributed by atoms with Gasteiger partial charge < -0.3 is 9.47 Å². The summed E-state index contributed by atoms with van der Waals surface area (Å²) in [4.78, 5) is 0. The fourth-order valence-corrected chi connectivity index (χ4v) is 3.85. The van der Waals surface area contributed by atoms with Crippen molar-refractivity contribution in [2.75, 3.05) is 14.2 Å². The summed E-state index contributed by atoms with van der Waals surface area (Å²) in [6.07, 6.45) is 5.88. The van der Waals surface area contributed by atoms with Crippen LogP contribution in [0.2, 0.25) is 0 Å². The lowest BCUT2D eigenvalue weighted by atomic mass is 9.87. The number of allylic oxidation sites excluding steroid dienone is 4. The highest BCUT2D eigenvalue weighted by molar-refractivity contribution is 5.98. The second kappa shape index (κ2) is 5.62. The second-order valence-electron chi connectivity index (χ2n) is 6.12. The molecule has 2 unspecified atom stereocenters. The SMILES string of the molecule is COc1cccc(C2=C(c3cccc(OC)c3)C3C=CC2C3)c1. The molecule has 0 N–H and O–H groups in total. The molecule has 2 aromatic carbocycles. The van der Waals surface area contributed by atoms with Crippen LogP contribution in [0.15, 0.2) is 60.7 Å². The molecule has 0 saturated carbocycles. The predicted octanol–water partition coefficient (Wildman–Crippen LogP) is 4.82. The molecule has 2 aliphatic rings. The van der Waals surface area contributed by atoms with E-state index in [1.807, 2.05) is 12.1 Å². The maximum absolute atomic E-state index is 5.41. The molecule has 2 bridgehead atoms. The van der Waals surface area contributed by atoms with Crippen molar-refractivity contribution in [3.63, 3.8) is 0 Å². The molecule has 0 radical (unpaired) electrons. The van der Waals surface area contributed by atoms with Crippen LogP contribution in [0.25, 0.3) is 11.1 Å². The van der Waals surface area contributed by atoms with Crippen LogP contribution in [0, 0.1) is 11.8 Å². The summed E-state index contributed by atoms with van der Waals surface area (Å²) in [5.74, 6) is 2.83. The van der Waals surface area contributed by atoms with E-state index in [-0.39, 0.29) is 0 Å². The molecule has 0 aromatic heterocycles. The van der Waals surface area contributed by atoms with Crippen molar-refractivity contribution in [3.05, 3.63) is 71.8 Å². The third-order valence-corrected chi connectivity index (χ3v) is 4.88. The Morgan fingerprint density at radius 3 is 1.65 bits per heavy atom. The maximum atomic E-state index is 5.41. The van der Waals surface area contributed by atoms with E-state index in [1.165, 1.54) is 28.7 Å². The number of ether oxygens (including phenoxy) is 2. The molecule has 2 atom stereocenters. The Labute approximate surface area is 137 Å². The Kier molecular flexibility index (Phi) is 3.45. The van der Waals surface area contributed by atoms with E-state index in [9.17, 15) is 0 Å². The van der Waals surface area contributed by atoms with Gasteiger partial charge in [0.1, 0.15) is 11.5 Å². The molecule has 0 fully saturated rings. The molecule has 0 amide bonds. The van der Waals surface area contributed by atoms with Crippen LogP contribution in [0.5, 0.6) is 11.5 Å². The Bertz CT molecular complexity index is 735. The first-order valence-electron chi connectivity index (χ1n) is 8.01. The molecule has 23 heavy (non-hydrogen) atoms. The van der Waals surface area contributed by atoms with Crippen LogP contribution in [-0.2, 0) is 0 Å². The zero-order valence-electron chi connectivity index (χ0n) is 13.5. The van der Waals surface area contributed by atoms with Crippen molar-refractivity contribution in [2.45, 2.75) is 6.42 Å². The molecule has 4 rings (SSSR count). The number of fused-ring (bicyclic) bond motifs is 2. The average molecular weight is 304 g/mol. The molecule has 2 nitrogen and oxygen atoms in total. The van der Waals surface area contributed by atoms with Crippen molar-refractivity contribution in [1.29, 1.82) is 0 Å². The predicted molar refractivity (Wildman–Crippen MR) is 93.5 cm³/mol. The molecule has 0 heterocycles. The number of methoxy groups -OCH3 is 2. The van der Waals surface area contributed by atoms with Crippen LogP contribution < -0.4 is 9.47 Å². The van der Waals surface area contributed by atoms with Gasteiger partial charge >= 0.3 is 0 Å². The van der Waals surface area contributed by atoms with E-state index in [1.54, 1.807) is 14.2 Å². The number of hydrogen-bond donors (Lipinski definition) is 0. The zero-order chi connectivity index (χ0) is 15.8. The van der Waals surface area contributed by atoms with Gasteiger partial charge in [0.2, 0.25) is 0 Å². The van der Waals surface area contributed by atoms with Gasteiger partial charge in [0, 0.05) is 11.8 Å². The topological polar surface area (TPSA) is 18.5 Å². The second-order valence-corrected chi connectivity index (χ2v) is 6.12. The lowest BCUT2D eigenvalue weighted by Crippen LogP contribution is -1.99. The Morgan fingerprint density at radius 1 is 0.739 bits per heavy atom. The number of benzene rings is 2. The Hall–Kier alpha value is -2.48. The molecular weight excluding hydrogens is 284 g/mol. The Morgan fingerprint density at radius 2 is 1.22 bits per heavy atom. The number of rotatable bonds is 4. The van der Waals surface area contributed by atoms with Crippen molar-refractivity contribution < 1.29 is 9.47 Å². The largest absolute Gasteiger partial charge is 0.497 e. The summed E-state index contributed by atoms with van der Waals surface area (Å²) >= 11 is 0. The lowest BCUT2D eigenvalue weighted by molar-refractivity contribution is 0.414. The van der Waals surface area contributed by atoms with E-state index in [4.69, 9.17) is 9.47 Å². The quantitative estimate of drug-likeness (QED) is 0.754. The average Bonchev–Trinajstić information content (AvgIpc) is 3.23. The van der Waals surface area contributed by atoms with Crippen LogP contribution in [0.1, 0.15) is 17.5 Å². The smallest absolute Gasteiger partial charge is 0.119 e. The van der Waals surface area contributed by atoms with Crippen LogP contribution in [0.4, 0.5) is 0 Å². The summed E-state index contributed by atoms with van der Waals surface area (Å²) in [5, 5.41) is 0. The first-order chi connectivity index (χ1) is 11.3. The molecule has 0 aliphatic heterocycles. The van der Waals surface area contributed by atoms with Gasteiger partial charge in [-0.1, -0.05) is 36.4 Å². The first-order valence-corrected chi connectivity index (χ1v) is 8.01. The van der Waals surface area contributed by atoms with Gasteiger partial charge in [0.25, 0.3) is 0 Å². The van der Waals surface area contributed by atoms with E-state index in [2.05, 4.69) is 48.6 Å². The van der Waals surface area contributed by atoms with Crippen LogP contribution in [-0.4, -0.2) is 14.2 Å². The van der Waals surface area contributed by atoms with E-state index < -0.39 is 0 Å². The summed E-state index contributed by atoms with van der Waals surface area (Å²) in [6.45, 7) is 0. The lowest BCUT2D eigenvalue weighted by Gasteiger charge is -2.18. The van der Waals surface area contributed by atoms with E-state index >= 15 is 0 Å². The first kappa shape index (κ1) is 14.1. The van der Waals surface area contributed by atoms with Gasteiger partial charge in [-0.15, -0.1) is 0 Å². The summed E-state index contributed by atoms with van der Waals surface area (Å²) in [7, 11) is 3.44. The third-order valence-electron chi connectivity index (χ3n) is 4.88. The molecule has 2 aromatic rings. The summed E-state index contributed by atoms with van der Waals surface area (Å²) in [5.41, 5.74) is 5.40. The van der Waals surface area contributed by atoms with Gasteiger partial charge in [-0.2, -0.15) is 0 Å². The Balaban J connectivity index is 1.87. The highest BCUT2D eigenvalue weighted by atomic mass is 16.5. The minimum atomic E-state index is 0.508. The monoisotopic (exact) mass is 304 g/mol. The van der Waals surface area contributed by atoms with Crippen LogP contribution in [0.3, 0.4) is 0 Å². The molecular formula is C21H20O2. The van der Waals surface area contributed by atoms with Crippen molar-refractivity contribution in [3.8, 4) is 11.5 Å². The minimum Gasteiger partial charge on any atom is -0.497 e. The fraction of sp³-hybridized carbons (Fsp3) is 0.238.